The largest absolute Gasteiger partial charge is 0.496 e. The van der Waals surface area contributed by atoms with Crippen molar-refractivity contribution in [3.8, 4) is 5.75 Å². The van der Waals surface area contributed by atoms with Crippen LogP contribution in [0.15, 0.2) is 24.5 Å². The van der Waals surface area contributed by atoms with Crippen molar-refractivity contribution in [2.24, 2.45) is 0 Å². The fourth-order valence-corrected chi connectivity index (χ4v) is 2.08. The van der Waals surface area contributed by atoms with Gasteiger partial charge in [-0.3, -0.25) is 0 Å². The Morgan fingerprint density at radius 3 is 2.85 bits per heavy atom. The summed E-state index contributed by atoms with van der Waals surface area (Å²) in [6.45, 7) is 2.16. The van der Waals surface area contributed by atoms with Crippen molar-refractivity contribution in [3.05, 3.63) is 46.6 Å². The Balaban J connectivity index is 2.21. The summed E-state index contributed by atoms with van der Waals surface area (Å²) in [6.07, 6.45) is 1.85. The Bertz CT molecular complexity index is 607. The summed E-state index contributed by atoms with van der Waals surface area (Å²) in [5, 5.41) is 3.49. The molecule has 2 rings (SSSR count). The van der Waals surface area contributed by atoms with Gasteiger partial charge in [0.05, 0.1) is 12.8 Å². The maximum atomic E-state index is 14.0. The Labute approximate surface area is 122 Å². The Hall–Kier alpha value is -1.88. The van der Waals surface area contributed by atoms with Crippen LogP contribution in [0.2, 0.25) is 5.02 Å². The monoisotopic (exact) mass is 295 g/mol. The van der Waals surface area contributed by atoms with Gasteiger partial charge in [0.25, 0.3) is 0 Å². The number of anilines is 1. The zero-order valence-electron chi connectivity index (χ0n) is 11.3. The molecule has 0 aliphatic rings. The summed E-state index contributed by atoms with van der Waals surface area (Å²) >= 11 is 6.13. The third kappa shape index (κ3) is 2.99. The minimum absolute atomic E-state index is 0.166. The van der Waals surface area contributed by atoms with Crippen molar-refractivity contribution in [1.82, 2.24) is 9.97 Å². The number of rotatable bonds is 5. The molecule has 0 unspecified atom stereocenters. The second-order valence-corrected chi connectivity index (χ2v) is 4.52. The van der Waals surface area contributed by atoms with Crippen molar-refractivity contribution in [2.75, 3.05) is 12.4 Å². The van der Waals surface area contributed by atoms with E-state index < -0.39 is 5.82 Å². The van der Waals surface area contributed by atoms with Crippen LogP contribution in [0.3, 0.4) is 0 Å². The van der Waals surface area contributed by atoms with Crippen LogP contribution < -0.4 is 10.1 Å². The van der Waals surface area contributed by atoms with Gasteiger partial charge in [-0.2, -0.15) is 0 Å². The summed E-state index contributed by atoms with van der Waals surface area (Å²) in [6, 6.07) is 5.36. The van der Waals surface area contributed by atoms with E-state index in [9.17, 15) is 4.39 Å². The number of hydrogen-bond donors (Lipinski definition) is 1. The first-order valence-corrected chi connectivity index (χ1v) is 6.59. The van der Waals surface area contributed by atoms with Crippen molar-refractivity contribution < 1.29 is 9.13 Å². The fourth-order valence-electron chi connectivity index (χ4n) is 1.85. The van der Waals surface area contributed by atoms with Crippen molar-refractivity contribution in [1.29, 1.82) is 0 Å². The molecule has 1 N–H and O–H groups in total. The summed E-state index contributed by atoms with van der Waals surface area (Å²) < 4.78 is 19.2. The number of nitrogens with zero attached hydrogens (tertiary/aromatic N) is 2. The van der Waals surface area contributed by atoms with Gasteiger partial charge in [-0.05, 0) is 18.6 Å². The second-order valence-electron chi connectivity index (χ2n) is 4.11. The maximum Gasteiger partial charge on any atom is 0.186 e. The van der Waals surface area contributed by atoms with Gasteiger partial charge in [0.2, 0.25) is 0 Å². The highest BCUT2D eigenvalue weighted by molar-refractivity contribution is 6.31. The molecule has 0 atom stereocenters. The van der Waals surface area contributed by atoms with E-state index in [2.05, 4.69) is 15.3 Å². The lowest BCUT2D eigenvalue weighted by Gasteiger charge is -2.12. The lowest BCUT2D eigenvalue weighted by molar-refractivity contribution is 0.410. The summed E-state index contributed by atoms with van der Waals surface area (Å²) in [7, 11) is 1.57. The highest BCUT2D eigenvalue weighted by Gasteiger charge is 2.12. The van der Waals surface area contributed by atoms with Crippen LogP contribution in [-0.4, -0.2) is 17.1 Å². The number of methoxy groups -OCH3 is 1. The van der Waals surface area contributed by atoms with Crippen molar-refractivity contribution in [2.45, 2.75) is 19.9 Å². The molecule has 20 heavy (non-hydrogen) atoms. The number of nitrogens with one attached hydrogen (secondary N) is 1. The molecule has 1 aromatic carbocycles. The van der Waals surface area contributed by atoms with Gasteiger partial charge in [0, 0.05) is 17.1 Å². The number of ether oxygens (including phenoxy) is 1. The van der Waals surface area contributed by atoms with Gasteiger partial charge in [0.15, 0.2) is 11.6 Å². The van der Waals surface area contributed by atoms with E-state index in [1.165, 1.54) is 6.33 Å². The summed E-state index contributed by atoms with van der Waals surface area (Å²) in [5.41, 5.74) is 1.14. The van der Waals surface area contributed by atoms with E-state index >= 15 is 0 Å². The van der Waals surface area contributed by atoms with Crippen molar-refractivity contribution >= 4 is 17.4 Å². The molecule has 0 bridgehead atoms. The van der Waals surface area contributed by atoms with E-state index in [4.69, 9.17) is 16.3 Å². The molecule has 6 heteroatoms. The fraction of sp³-hybridized carbons (Fsp3) is 0.286. The van der Waals surface area contributed by atoms with Crippen LogP contribution in [0, 0.1) is 5.82 Å². The average molecular weight is 296 g/mol. The van der Waals surface area contributed by atoms with Crippen molar-refractivity contribution in [3.63, 3.8) is 0 Å². The zero-order valence-corrected chi connectivity index (χ0v) is 12.0. The van der Waals surface area contributed by atoms with Crippen LogP contribution in [0.1, 0.15) is 18.2 Å². The Kier molecular flexibility index (Phi) is 4.74. The first-order chi connectivity index (χ1) is 9.67. The summed E-state index contributed by atoms with van der Waals surface area (Å²) in [5.74, 6) is 0.384. The van der Waals surface area contributed by atoms with E-state index in [1.807, 2.05) is 6.92 Å². The topological polar surface area (TPSA) is 47.0 Å². The third-order valence-corrected chi connectivity index (χ3v) is 3.28. The average Bonchev–Trinajstić information content (AvgIpc) is 2.47. The molecule has 0 fully saturated rings. The van der Waals surface area contributed by atoms with E-state index in [1.54, 1.807) is 25.3 Å². The number of benzene rings is 1. The molecule has 1 heterocycles. The highest BCUT2D eigenvalue weighted by atomic mass is 35.5. The highest BCUT2D eigenvalue weighted by Crippen LogP contribution is 2.27. The van der Waals surface area contributed by atoms with E-state index in [-0.39, 0.29) is 5.82 Å². The first kappa shape index (κ1) is 14.5. The van der Waals surface area contributed by atoms with Crippen LogP contribution in [0.5, 0.6) is 5.75 Å². The SMILES string of the molecule is CCc1ncnc(NCc2c(Cl)cccc2OC)c1F. The van der Waals surface area contributed by atoms with Gasteiger partial charge in [-0.25, -0.2) is 14.4 Å². The molecule has 0 aliphatic heterocycles. The number of halogens is 2. The second kappa shape index (κ2) is 6.52. The molecule has 1 aromatic heterocycles. The van der Waals surface area contributed by atoms with Crippen LogP contribution in [0.25, 0.3) is 0 Å². The van der Waals surface area contributed by atoms with Gasteiger partial charge in [0.1, 0.15) is 12.1 Å². The lowest BCUT2D eigenvalue weighted by Crippen LogP contribution is -2.08. The van der Waals surface area contributed by atoms with Gasteiger partial charge >= 0.3 is 0 Å². The molecule has 2 aromatic rings. The standard InChI is InChI=1S/C14H15ClFN3O/c1-3-11-13(16)14(19-8-18-11)17-7-9-10(15)5-4-6-12(9)20-2/h4-6,8H,3,7H2,1-2H3,(H,17,18,19). The quantitative estimate of drug-likeness (QED) is 0.918. The number of aromatic nitrogens is 2. The Morgan fingerprint density at radius 2 is 2.15 bits per heavy atom. The molecule has 0 amide bonds. The smallest absolute Gasteiger partial charge is 0.186 e. The first-order valence-electron chi connectivity index (χ1n) is 6.22. The van der Waals surface area contributed by atoms with E-state index in [0.29, 0.717) is 29.4 Å². The number of hydrogen-bond acceptors (Lipinski definition) is 4. The molecule has 0 spiro atoms. The van der Waals surface area contributed by atoms with Crippen LogP contribution in [0.4, 0.5) is 10.2 Å². The number of aryl methyl sites for hydroxylation is 1. The third-order valence-electron chi connectivity index (χ3n) is 2.92. The van der Waals surface area contributed by atoms with E-state index in [0.717, 1.165) is 5.56 Å². The lowest BCUT2D eigenvalue weighted by atomic mass is 10.2. The molecule has 106 valence electrons. The van der Waals surface area contributed by atoms with Crippen LogP contribution >= 0.6 is 11.6 Å². The van der Waals surface area contributed by atoms with Gasteiger partial charge < -0.3 is 10.1 Å². The predicted molar refractivity (Wildman–Crippen MR) is 76.7 cm³/mol. The maximum absolute atomic E-state index is 14.0. The summed E-state index contributed by atoms with van der Waals surface area (Å²) in [4.78, 5) is 7.79. The minimum Gasteiger partial charge on any atom is -0.496 e. The van der Waals surface area contributed by atoms with Gasteiger partial charge in [-0.1, -0.05) is 24.6 Å². The van der Waals surface area contributed by atoms with Gasteiger partial charge in [-0.15, -0.1) is 0 Å². The normalized spacial score (nSPS) is 10.4. The zero-order chi connectivity index (χ0) is 14.5. The minimum atomic E-state index is -0.430. The van der Waals surface area contributed by atoms with Crippen LogP contribution in [-0.2, 0) is 13.0 Å². The molecule has 0 saturated heterocycles. The Morgan fingerprint density at radius 1 is 1.35 bits per heavy atom. The predicted octanol–water partition coefficient (Wildman–Crippen LogP) is 3.45. The molecular weight excluding hydrogens is 281 g/mol. The molecule has 0 aliphatic carbocycles. The molecule has 0 saturated carbocycles. The molecule has 4 nitrogen and oxygen atoms in total. The molecule has 0 radical (unpaired) electrons. The molecular formula is C14H15ClFN3O.